The fourth-order valence-corrected chi connectivity index (χ4v) is 2.21. The van der Waals surface area contributed by atoms with E-state index in [-0.39, 0.29) is 18.4 Å². The molecule has 0 aliphatic rings. The van der Waals surface area contributed by atoms with Crippen molar-refractivity contribution in [1.29, 1.82) is 0 Å². The number of hydrogen-bond donors (Lipinski definition) is 2. The Morgan fingerprint density at radius 1 is 1.35 bits per heavy atom. The minimum Gasteiger partial charge on any atom is -0.353 e. The first-order chi connectivity index (χ1) is 11.0. The monoisotopic (exact) mass is 338 g/mol. The van der Waals surface area contributed by atoms with E-state index in [1.807, 2.05) is 13.8 Å². The minimum atomic E-state index is -0.318. The van der Waals surface area contributed by atoms with Crippen molar-refractivity contribution in [1.82, 2.24) is 30.2 Å². The molecule has 0 aromatic carbocycles. The van der Waals surface area contributed by atoms with Gasteiger partial charge in [-0.3, -0.25) is 19.0 Å². The Hall–Kier alpha value is -2.35. The summed E-state index contributed by atoms with van der Waals surface area (Å²) in [6.45, 7) is 5.13. The molecule has 2 rings (SSSR count). The molecule has 0 fully saturated rings. The first-order valence-corrected chi connectivity index (χ1v) is 7.64. The molecule has 2 aromatic rings. The highest BCUT2D eigenvalue weighted by Gasteiger charge is 2.13. The largest absolute Gasteiger partial charge is 0.353 e. The molecule has 2 amide bonds. The maximum atomic E-state index is 12.1. The zero-order valence-corrected chi connectivity index (χ0v) is 13.8. The Bertz CT molecular complexity index is 693. The number of aromatic nitrogens is 4. The number of carbonyl (C=O) groups is 2. The van der Waals surface area contributed by atoms with Crippen LogP contribution >= 0.6 is 11.6 Å². The molecule has 0 saturated carbocycles. The Labute approximate surface area is 138 Å². The lowest BCUT2D eigenvalue weighted by molar-refractivity contribution is -0.120. The minimum absolute atomic E-state index is 0.0906. The predicted molar refractivity (Wildman–Crippen MR) is 85.2 cm³/mol. The molecule has 0 unspecified atom stereocenters. The molecule has 23 heavy (non-hydrogen) atoms. The molecular formula is C14H19ClN6O2. The maximum absolute atomic E-state index is 12.1. The maximum Gasteiger partial charge on any atom is 0.269 e. The number of rotatable bonds is 7. The average Bonchev–Trinajstić information content (AvgIpc) is 3.10. The standard InChI is InChI=1S/C14H19ClN6O2/c1-3-21-12(6-10(2)19-21)14(23)17-8-13(22)16-4-5-20-9-11(15)7-18-20/h6-7,9H,3-5,8H2,1-2H3,(H,16,22)(H,17,23). The van der Waals surface area contributed by atoms with E-state index < -0.39 is 0 Å². The summed E-state index contributed by atoms with van der Waals surface area (Å²) in [5, 5.41) is 14.0. The average molecular weight is 339 g/mol. The van der Waals surface area contributed by atoms with Crippen LogP contribution in [0.5, 0.6) is 0 Å². The smallest absolute Gasteiger partial charge is 0.269 e. The second-order valence-electron chi connectivity index (χ2n) is 4.94. The van der Waals surface area contributed by atoms with E-state index in [1.165, 1.54) is 6.20 Å². The van der Waals surface area contributed by atoms with Crippen LogP contribution in [-0.4, -0.2) is 44.5 Å². The summed E-state index contributed by atoms with van der Waals surface area (Å²) in [7, 11) is 0. The molecule has 0 aliphatic carbocycles. The van der Waals surface area contributed by atoms with E-state index in [1.54, 1.807) is 21.6 Å². The summed E-state index contributed by atoms with van der Waals surface area (Å²) >= 11 is 5.75. The first-order valence-electron chi connectivity index (χ1n) is 7.27. The molecule has 8 nitrogen and oxygen atoms in total. The number of halogens is 1. The lowest BCUT2D eigenvalue weighted by atomic mass is 10.3. The number of amides is 2. The van der Waals surface area contributed by atoms with Crippen molar-refractivity contribution in [2.24, 2.45) is 0 Å². The molecule has 0 atom stereocenters. The normalized spacial score (nSPS) is 10.6. The van der Waals surface area contributed by atoms with E-state index in [9.17, 15) is 9.59 Å². The number of hydrogen-bond acceptors (Lipinski definition) is 4. The zero-order valence-electron chi connectivity index (χ0n) is 13.0. The van der Waals surface area contributed by atoms with Gasteiger partial charge in [0.05, 0.1) is 30.0 Å². The SMILES string of the molecule is CCn1nc(C)cc1C(=O)NCC(=O)NCCn1cc(Cl)cn1. The van der Waals surface area contributed by atoms with Gasteiger partial charge in [0, 0.05) is 19.3 Å². The lowest BCUT2D eigenvalue weighted by Crippen LogP contribution is -2.38. The van der Waals surface area contributed by atoms with Gasteiger partial charge in [-0.2, -0.15) is 10.2 Å². The van der Waals surface area contributed by atoms with E-state index in [4.69, 9.17) is 11.6 Å². The number of nitrogens with one attached hydrogen (secondary N) is 2. The van der Waals surface area contributed by atoms with Crippen LogP contribution in [0.3, 0.4) is 0 Å². The fraction of sp³-hybridized carbons (Fsp3) is 0.429. The van der Waals surface area contributed by atoms with Gasteiger partial charge in [-0.15, -0.1) is 0 Å². The number of nitrogens with zero attached hydrogens (tertiary/aromatic N) is 4. The van der Waals surface area contributed by atoms with Gasteiger partial charge >= 0.3 is 0 Å². The van der Waals surface area contributed by atoms with Crippen LogP contribution < -0.4 is 10.6 Å². The molecule has 2 heterocycles. The van der Waals surface area contributed by atoms with Crippen molar-refractivity contribution in [3.8, 4) is 0 Å². The van der Waals surface area contributed by atoms with E-state index >= 15 is 0 Å². The topological polar surface area (TPSA) is 93.8 Å². The summed E-state index contributed by atoms with van der Waals surface area (Å²) in [5.74, 6) is -0.586. The highest BCUT2D eigenvalue weighted by atomic mass is 35.5. The third-order valence-corrected chi connectivity index (χ3v) is 3.30. The molecule has 0 radical (unpaired) electrons. The molecule has 9 heteroatoms. The molecule has 0 aliphatic heterocycles. The van der Waals surface area contributed by atoms with Crippen molar-refractivity contribution < 1.29 is 9.59 Å². The van der Waals surface area contributed by atoms with Crippen LogP contribution in [0, 0.1) is 6.92 Å². The highest BCUT2D eigenvalue weighted by Crippen LogP contribution is 2.04. The van der Waals surface area contributed by atoms with Crippen LogP contribution in [0.25, 0.3) is 0 Å². The summed E-state index contributed by atoms with van der Waals surface area (Å²) in [4.78, 5) is 23.8. The molecule has 0 spiro atoms. The molecule has 0 saturated heterocycles. The van der Waals surface area contributed by atoms with Crippen LogP contribution in [0.15, 0.2) is 18.5 Å². The van der Waals surface area contributed by atoms with Crippen molar-refractivity contribution in [2.45, 2.75) is 26.9 Å². The number of aryl methyl sites for hydroxylation is 2. The van der Waals surface area contributed by atoms with Gasteiger partial charge in [-0.1, -0.05) is 11.6 Å². The molecular weight excluding hydrogens is 320 g/mol. The highest BCUT2D eigenvalue weighted by molar-refractivity contribution is 6.30. The Balaban J connectivity index is 1.74. The van der Waals surface area contributed by atoms with E-state index in [0.717, 1.165) is 5.69 Å². The van der Waals surface area contributed by atoms with Gasteiger partial charge in [-0.05, 0) is 19.9 Å². The summed E-state index contributed by atoms with van der Waals surface area (Å²) in [6, 6.07) is 1.69. The predicted octanol–water partition coefficient (Wildman–Crippen LogP) is 0.608. The van der Waals surface area contributed by atoms with E-state index in [2.05, 4.69) is 20.8 Å². The number of carbonyl (C=O) groups excluding carboxylic acids is 2. The molecule has 2 N–H and O–H groups in total. The Morgan fingerprint density at radius 2 is 2.13 bits per heavy atom. The van der Waals surface area contributed by atoms with Crippen LogP contribution in [0.1, 0.15) is 23.1 Å². The van der Waals surface area contributed by atoms with Gasteiger partial charge < -0.3 is 10.6 Å². The van der Waals surface area contributed by atoms with Crippen LogP contribution in [-0.2, 0) is 17.9 Å². The summed E-state index contributed by atoms with van der Waals surface area (Å²) in [5.41, 5.74) is 1.21. The van der Waals surface area contributed by atoms with Gasteiger partial charge in [0.1, 0.15) is 5.69 Å². The summed E-state index contributed by atoms with van der Waals surface area (Å²) in [6.07, 6.45) is 3.20. The van der Waals surface area contributed by atoms with Gasteiger partial charge in [0.25, 0.3) is 5.91 Å². The van der Waals surface area contributed by atoms with Gasteiger partial charge in [0.2, 0.25) is 5.91 Å². The quantitative estimate of drug-likeness (QED) is 0.773. The van der Waals surface area contributed by atoms with Crippen LogP contribution in [0.2, 0.25) is 5.02 Å². The lowest BCUT2D eigenvalue weighted by Gasteiger charge is -2.08. The van der Waals surface area contributed by atoms with Crippen LogP contribution in [0.4, 0.5) is 0 Å². The second-order valence-corrected chi connectivity index (χ2v) is 5.38. The Morgan fingerprint density at radius 3 is 2.78 bits per heavy atom. The third kappa shape index (κ3) is 4.82. The van der Waals surface area contributed by atoms with E-state index in [0.29, 0.717) is 30.4 Å². The van der Waals surface area contributed by atoms with Gasteiger partial charge in [0.15, 0.2) is 0 Å². The van der Waals surface area contributed by atoms with Crippen molar-refractivity contribution in [3.63, 3.8) is 0 Å². The van der Waals surface area contributed by atoms with Crippen molar-refractivity contribution in [2.75, 3.05) is 13.1 Å². The van der Waals surface area contributed by atoms with Crippen molar-refractivity contribution >= 4 is 23.4 Å². The first kappa shape index (κ1) is 17.0. The molecule has 2 aromatic heterocycles. The summed E-state index contributed by atoms with van der Waals surface area (Å²) < 4.78 is 3.23. The van der Waals surface area contributed by atoms with Gasteiger partial charge in [-0.25, -0.2) is 0 Å². The third-order valence-electron chi connectivity index (χ3n) is 3.11. The van der Waals surface area contributed by atoms with Crippen molar-refractivity contribution in [3.05, 3.63) is 34.9 Å². The molecule has 124 valence electrons. The Kier molecular flexibility index (Phi) is 5.75. The zero-order chi connectivity index (χ0) is 16.8. The second kappa shape index (κ2) is 7.77. The fourth-order valence-electron chi connectivity index (χ4n) is 2.05. The molecule has 0 bridgehead atoms.